The monoisotopic (exact) mass is 324 g/mol. The highest BCUT2D eigenvalue weighted by Gasteiger charge is 2.10. The smallest absolute Gasteiger partial charge is 0.0420 e. The maximum atomic E-state index is 6.05. The largest absolute Gasteiger partial charge is 0.135 e. The fraction of sp³-hybridized carbons (Fsp3) is 0.143. The van der Waals surface area contributed by atoms with Gasteiger partial charge in [0.1, 0.15) is 0 Å². The molecule has 2 aromatic carbocycles. The van der Waals surface area contributed by atoms with E-state index in [0.717, 1.165) is 11.4 Å². The first-order valence-electron chi connectivity index (χ1n) is 5.50. The van der Waals surface area contributed by atoms with Crippen LogP contribution in [0.5, 0.6) is 0 Å². The topological polar surface area (TPSA) is 0 Å². The molecule has 0 spiro atoms. The van der Waals surface area contributed by atoms with Crippen LogP contribution in [0, 0.1) is 0 Å². The number of thiophene rings is 1. The minimum atomic E-state index is 0.807. The molecule has 0 radical (unpaired) electrons. The molecule has 3 rings (SSSR count). The van der Waals surface area contributed by atoms with E-state index in [4.69, 9.17) is 11.6 Å². The molecular weight excluding hydrogens is 316 g/mol. The number of aryl methyl sites for hydroxylation is 1. The van der Waals surface area contributed by atoms with Crippen LogP contribution in [0.4, 0.5) is 0 Å². The van der Waals surface area contributed by atoms with Gasteiger partial charge in [-0.25, -0.2) is 0 Å². The molecule has 17 heavy (non-hydrogen) atoms. The van der Waals surface area contributed by atoms with Gasteiger partial charge in [0.15, 0.2) is 0 Å². The Hall–Kier alpha value is -0.570. The molecule has 0 unspecified atom stereocenters. The zero-order valence-corrected chi connectivity index (χ0v) is 12.4. The first-order valence-corrected chi connectivity index (χ1v) is 7.48. The van der Waals surface area contributed by atoms with Crippen LogP contribution in [-0.2, 0) is 6.42 Å². The van der Waals surface area contributed by atoms with Crippen molar-refractivity contribution in [3.8, 4) is 0 Å². The van der Waals surface area contributed by atoms with Crippen molar-refractivity contribution in [2.45, 2.75) is 13.3 Å². The summed E-state index contributed by atoms with van der Waals surface area (Å²) in [4.78, 5) is 0. The van der Waals surface area contributed by atoms with Gasteiger partial charge in [0, 0.05) is 29.7 Å². The van der Waals surface area contributed by atoms with Crippen LogP contribution in [0.2, 0.25) is 5.02 Å². The molecule has 3 aromatic rings. The summed E-state index contributed by atoms with van der Waals surface area (Å²) >= 11 is 11.5. The van der Waals surface area contributed by atoms with Crippen molar-refractivity contribution in [2.75, 3.05) is 0 Å². The quantitative estimate of drug-likeness (QED) is 0.512. The van der Waals surface area contributed by atoms with Crippen molar-refractivity contribution in [3.63, 3.8) is 0 Å². The van der Waals surface area contributed by atoms with E-state index in [1.165, 1.54) is 30.2 Å². The first kappa shape index (κ1) is 11.5. The minimum absolute atomic E-state index is 0.807. The Bertz CT molecular complexity index is 715. The van der Waals surface area contributed by atoms with Gasteiger partial charge in [-0.2, -0.15) is 0 Å². The molecule has 86 valence electrons. The third-order valence-corrected chi connectivity index (χ3v) is 5.21. The van der Waals surface area contributed by atoms with Crippen LogP contribution >= 0.6 is 38.9 Å². The second kappa shape index (κ2) is 4.27. The van der Waals surface area contributed by atoms with Crippen molar-refractivity contribution < 1.29 is 0 Å². The summed E-state index contributed by atoms with van der Waals surface area (Å²) in [7, 11) is 0. The summed E-state index contributed by atoms with van der Waals surface area (Å²) in [5.41, 5.74) is 1.39. The van der Waals surface area contributed by atoms with Gasteiger partial charge in [-0.15, -0.1) is 11.3 Å². The normalized spacial score (nSPS) is 11.5. The Balaban J connectivity index is 2.50. The third-order valence-electron chi connectivity index (χ3n) is 3.00. The standard InChI is InChI=1S/C14H10BrClS/c1-2-9-12(15)6-5-11-10-4-3-8(16)7-13(10)17-14(9)11/h3-7H,2H2,1H3. The highest BCUT2D eigenvalue weighted by Crippen LogP contribution is 2.39. The van der Waals surface area contributed by atoms with E-state index in [9.17, 15) is 0 Å². The maximum Gasteiger partial charge on any atom is 0.0420 e. The lowest BCUT2D eigenvalue weighted by Crippen LogP contribution is -1.81. The minimum Gasteiger partial charge on any atom is -0.135 e. The number of hydrogen-bond acceptors (Lipinski definition) is 1. The Morgan fingerprint density at radius 3 is 2.71 bits per heavy atom. The average Bonchev–Trinajstić information content (AvgIpc) is 2.66. The van der Waals surface area contributed by atoms with Gasteiger partial charge in [0.25, 0.3) is 0 Å². The van der Waals surface area contributed by atoms with E-state index in [1.807, 2.05) is 17.4 Å². The van der Waals surface area contributed by atoms with Gasteiger partial charge in [0.05, 0.1) is 0 Å². The molecule has 0 aliphatic rings. The Morgan fingerprint density at radius 1 is 1.18 bits per heavy atom. The molecule has 0 atom stereocenters. The number of halogens is 2. The van der Waals surface area contributed by atoms with Crippen LogP contribution in [0.1, 0.15) is 12.5 Å². The van der Waals surface area contributed by atoms with E-state index in [1.54, 1.807) is 0 Å². The molecule has 0 bridgehead atoms. The Morgan fingerprint density at radius 2 is 1.94 bits per heavy atom. The predicted octanol–water partition coefficient (Wildman–Crippen LogP) is 6.03. The van der Waals surface area contributed by atoms with Crippen LogP contribution in [-0.4, -0.2) is 0 Å². The molecule has 1 heterocycles. The molecule has 0 aliphatic carbocycles. The van der Waals surface area contributed by atoms with Gasteiger partial charge in [0.2, 0.25) is 0 Å². The van der Waals surface area contributed by atoms with E-state index in [0.29, 0.717) is 0 Å². The number of fused-ring (bicyclic) bond motifs is 3. The van der Waals surface area contributed by atoms with Gasteiger partial charge in [-0.3, -0.25) is 0 Å². The van der Waals surface area contributed by atoms with E-state index in [2.05, 4.69) is 47.1 Å². The SMILES string of the molecule is CCc1c(Br)ccc2c1sc1cc(Cl)ccc12. The summed E-state index contributed by atoms with van der Waals surface area (Å²) in [6.07, 6.45) is 1.04. The molecular formula is C14H10BrClS. The summed E-state index contributed by atoms with van der Waals surface area (Å²) < 4.78 is 3.84. The fourth-order valence-corrected chi connectivity index (χ4v) is 4.51. The maximum absolute atomic E-state index is 6.05. The van der Waals surface area contributed by atoms with Gasteiger partial charge in [-0.1, -0.05) is 46.6 Å². The number of benzene rings is 2. The lowest BCUT2D eigenvalue weighted by atomic mass is 10.1. The molecule has 0 saturated heterocycles. The predicted molar refractivity (Wildman–Crippen MR) is 81.4 cm³/mol. The summed E-state index contributed by atoms with van der Waals surface area (Å²) in [5.74, 6) is 0. The number of hydrogen-bond donors (Lipinski definition) is 0. The summed E-state index contributed by atoms with van der Waals surface area (Å²) in [6.45, 7) is 2.19. The van der Waals surface area contributed by atoms with Crippen LogP contribution < -0.4 is 0 Å². The fourth-order valence-electron chi connectivity index (χ4n) is 2.17. The lowest BCUT2D eigenvalue weighted by molar-refractivity contribution is 1.15. The van der Waals surface area contributed by atoms with E-state index >= 15 is 0 Å². The van der Waals surface area contributed by atoms with Crippen molar-refractivity contribution in [1.82, 2.24) is 0 Å². The zero-order chi connectivity index (χ0) is 12.0. The third kappa shape index (κ3) is 1.79. The highest BCUT2D eigenvalue weighted by atomic mass is 79.9. The molecule has 0 fully saturated rings. The molecule has 1 aromatic heterocycles. The van der Waals surface area contributed by atoms with Crippen molar-refractivity contribution >= 4 is 59.0 Å². The van der Waals surface area contributed by atoms with Gasteiger partial charge < -0.3 is 0 Å². The van der Waals surface area contributed by atoms with Crippen molar-refractivity contribution in [1.29, 1.82) is 0 Å². The van der Waals surface area contributed by atoms with Gasteiger partial charge in [-0.05, 0) is 30.2 Å². The molecule has 0 saturated carbocycles. The number of rotatable bonds is 1. The zero-order valence-electron chi connectivity index (χ0n) is 9.26. The summed E-state index contributed by atoms with van der Waals surface area (Å²) in [5, 5.41) is 3.44. The van der Waals surface area contributed by atoms with Crippen LogP contribution in [0.15, 0.2) is 34.8 Å². The molecule has 0 nitrogen and oxygen atoms in total. The highest BCUT2D eigenvalue weighted by molar-refractivity contribution is 9.10. The van der Waals surface area contributed by atoms with Crippen molar-refractivity contribution in [2.24, 2.45) is 0 Å². The molecule has 0 aliphatic heterocycles. The second-order valence-corrected chi connectivity index (χ2v) is 6.34. The van der Waals surface area contributed by atoms with Crippen LogP contribution in [0.25, 0.3) is 20.2 Å². The molecule has 3 heteroatoms. The Labute approximate surface area is 117 Å². The van der Waals surface area contributed by atoms with E-state index in [-0.39, 0.29) is 0 Å². The average molecular weight is 326 g/mol. The molecule has 0 N–H and O–H groups in total. The second-order valence-electron chi connectivity index (χ2n) is 4.00. The van der Waals surface area contributed by atoms with Crippen molar-refractivity contribution in [3.05, 3.63) is 45.4 Å². The lowest BCUT2D eigenvalue weighted by Gasteiger charge is -2.02. The summed E-state index contributed by atoms with van der Waals surface area (Å²) in [6, 6.07) is 10.5. The molecule has 0 amide bonds. The van der Waals surface area contributed by atoms with Gasteiger partial charge >= 0.3 is 0 Å². The van der Waals surface area contributed by atoms with Crippen LogP contribution in [0.3, 0.4) is 0 Å². The Kier molecular flexibility index (Phi) is 2.89. The van der Waals surface area contributed by atoms with E-state index < -0.39 is 0 Å². The first-order chi connectivity index (χ1) is 8.20.